The van der Waals surface area contributed by atoms with Crippen molar-refractivity contribution in [3.05, 3.63) is 35.9 Å². The molecule has 0 saturated carbocycles. The number of rotatable bonds is 7. The molecule has 1 unspecified atom stereocenters. The Bertz CT molecular complexity index is 243. The van der Waals surface area contributed by atoms with Crippen LogP contribution in [-0.4, -0.2) is 13.1 Å². The monoisotopic (exact) mass is 205 g/mol. The second-order valence-electron chi connectivity index (χ2n) is 4.15. The first-order valence-corrected chi connectivity index (χ1v) is 6.11. The molecule has 0 bridgehead atoms. The molecule has 1 nitrogen and oxygen atoms in total. The summed E-state index contributed by atoms with van der Waals surface area (Å²) in [5.41, 5.74) is 1.47. The molecule has 84 valence electrons. The van der Waals surface area contributed by atoms with E-state index in [0.717, 1.165) is 19.0 Å². The maximum absolute atomic E-state index is 3.45. The minimum Gasteiger partial charge on any atom is -0.317 e. The van der Waals surface area contributed by atoms with Gasteiger partial charge in [-0.25, -0.2) is 0 Å². The highest BCUT2D eigenvalue weighted by Crippen LogP contribution is 2.13. The highest BCUT2D eigenvalue weighted by atomic mass is 14.8. The summed E-state index contributed by atoms with van der Waals surface area (Å²) in [6.07, 6.45) is 3.81. The van der Waals surface area contributed by atoms with Crippen molar-refractivity contribution in [3.8, 4) is 0 Å². The number of nitrogens with one attached hydrogen (secondary N) is 1. The van der Waals surface area contributed by atoms with Crippen molar-refractivity contribution >= 4 is 0 Å². The van der Waals surface area contributed by atoms with Crippen LogP contribution in [0.3, 0.4) is 0 Å². The Kier molecular flexibility index (Phi) is 6.10. The fraction of sp³-hybridized carbons (Fsp3) is 0.571. The van der Waals surface area contributed by atoms with Gasteiger partial charge in [0.25, 0.3) is 0 Å². The summed E-state index contributed by atoms with van der Waals surface area (Å²) in [4.78, 5) is 0. The van der Waals surface area contributed by atoms with E-state index >= 15 is 0 Å². The normalized spacial score (nSPS) is 12.7. The number of benzene rings is 1. The van der Waals surface area contributed by atoms with E-state index in [2.05, 4.69) is 49.5 Å². The smallest absolute Gasteiger partial charge is 0.00175 e. The molecule has 0 aliphatic carbocycles. The van der Waals surface area contributed by atoms with E-state index in [9.17, 15) is 0 Å². The van der Waals surface area contributed by atoms with E-state index in [1.165, 1.54) is 24.8 Å². The molecule has 15 heavy (non-hydrogen) atoms. The molecular weight excluding hydrogens is 182 g/mol. The number of hydrogen-bond acceptors (Lipinski definition) is 1. The number of hydrogen-bond donors (Lipinski definition) is 1. The van der Waals surface area contributed by atoms with Crippen molar-refractivity contribution in [2.75, 3.05) is 13.1 Å². The van der Waals surface area contributed by atoms with Crippen molar-refractivity contribution in [3.63, 3.8) is 0 Å². The fourth-order valence-electron chi connectivity index (χ4n) is 1.98. The lowest BCUT2D eigenvalue weighted by Gasteiger charge is -2.16. The zero-order chi connectivity index (χ0) is 10.9. The van der Waals surface area contributed by atoms with Gasteiger partial charge in [0.05, 0.1) is 0 Å². The Balaban J connectivity index is 2.43. The molecule has 0 fully saturated rings. The molecule has 0 amide bonds. The Labute approximate surface area is 93.9 Å². The van der Waals surface area contributed by atoms with Gasteiger partial charge in [-0.15, -0.1) is 0 Å². The van der Waals surface area contributed by atoms with Gasteiger partial charge in [0, 0.05) is 0 Å². The highest BCUT2D eigenvalue weighted by Gasteiger charge is 2.07. The maximum Gasteiger partial charge on any atom is -0.00175 e. The third-order valence-electron chi connectivity index (χ3n) is 2.75. The van der Waals surface area contributed by atoms with Gasteiger partial charge in [-0.2, -0.15) is 0 Å². The van der Waals surface area contributed by atoms with Crippen LogP contribution in [0, 0.1) is 5.92 Å². The van der Waals surface area contributed by atoms with Crippen molar-refractivity contribution in [1.29, 1.82) is 0 Å². The lowest BCUT2D eigenvalue weighted by molar-refractivity contribution is 0.444. The molecule has 1 aromatic carbocycles. The van der Waals surface area contributed by atoms with Crippen LogP contribution in [0.5, 0.6) is 0 Å². The van der Waals surface area contributed by atoms with Crippen LogP contribution in [0.15, 0.2) is 30.3 Å². The van der Waals surface area contributed by atoms with Gasteiger partial charge >= 0.3 is 0 Å². The summed E-state index contributed by atoms with van der Waals surface area (Å²) < 4.78 is 0. The van der Waals surface area contributed by atoms with E-state index in [1.54, 1.807) is 0 Å². The second-order valence-corrected chi connectivity index (χ2v) is 4.15. The quantitative estimate of drug-likeness (QED) is 0.720. The molecule has 0 aliphatic heterocycles. The maximum atomic E-state index is 3.45. The lowest BCUT2D eigenvalue weighted by Crippen LogP contribution is -2.23. The van der Waals surface area contributed by atoms with E-state index in [-0.39, 0.29) is 0 Å². The van der Waals surface area contributed by atoms with Crippen molar-refractivity contribution in [2.45, 2.75) is 33.1 Å². The molecule has 0 saturated heterocycles. The second kappa shape index (κ2) is 7.47. The van der Waals surface area contributed by atoms with E-state index in [1.807, 2.05) is 0 Å². The van der Waals surface area contributed by atoms with Gasteiger partial charge in [-0.3, -0.25) is 0 Å². The topological polar surface area (TPSA) is 12.0 Å². The minimum atomic E-state index is 0.789. The van der Waals surface area contributed by atoms with Crippen molar-refractivity contribution in [2.24, 2.45) is 5.92 Å². The minimum absolute atomic E-state index is 0.789. The van der Waals surface area contributed by atoms with E-state index in [0.29, 0.717) is 0 Å². The zero-order valence-corrected chi connectivity index (χ0v) is 10.00. The molecular formula is C14H23N. The molecule has 0 aliphatic rings. The van der Waals surface area contributed by atoms with E-state index in [4.69, 9.17) is 0 Å². The first-order chi connectivity index (χ1) is 7.36. The third-order valence-corrected chi connectivity index (χ3v) is 2.75. The molecule has 1 aromatic rings. The third kappa shape index (κ3) is 4.98. The zero-order valence-electron chi connectivity index (χ0n) is 10.00. The van der Waals surface area contributed by atoms with Gasteiger partial charge in [0.2, 0.25) is 0 Å². The molecule has 0 radical (unpaired) electrons. The van der Waals surface area contributed by atoms with Crippen molar-refractivity contribution < 1.29 is 0 Å². The van der Waals surface area contributed by atoms with Crippen LogP contribution in [0.2, 0.25) is 0 Å². The molecule has 1 N–H and O–H groups in total. The summed E-state index contributed by atoms with van der Waals surface area (Å²) >= 11 is 0. The highest BCUT2D eigenvalue weighted by molar-refractivity contribution is 5.15. The van der Waals surface area contributed by atoms with Crippen LogP contribution >= 0.6 is 0 Å². The fourth-order valence-corrected chi connectivity index (χ4v) is 1.98. The van der Waals surface area contributed by atoms with Gasteiger partial charge in [-0.1, -0.05) is 50.6 Å². The summed E-state index contributed by atoms with van der Waals surface area (Å²) in [6.45, 7) is 6.67. The van der Waals surface area contributed by atoms with Crippen LogP contribution in [0.1, 0.15) is 32.3 Å². The Morgan fingerprint density at radius 2 is 1.87 bits per heavy atom. The first kappa shape index (κ1) is 12.3. The van der Waals surface area contributed by atoms with Gasteiger partial charge in [0.15, 0.2) is 0 Å². The molecule has 1 rings (SSSR count). The lowest BCUT2D eigenvalue weighted by atomic mass is 9.95. The van der Waals surface area contributed by atoms with Crippen LogP contribution in [-0.2, 0) is 6.42 Å². The Morgan fingerprint density at radius 3 is 2.47 bits per heavy atom. The van der Waals surface area contributed by atoms with Crippen molar-refractivity contribution in [1.82, 2.24) is 5.32 Å². The summed E-state index contributed by atoms with van der Waals surface area (Å²) in [5.74, 6) is 0.789. The summed E-state index contributed by atoms with van der Waals surface area (Å²) in [5, 5.41) is 3.45. The van der Waals surface area contributed by atoms with Crippen LogP contribution in [0.25, 0.3) is 0 Å². The first-order valence-electron chi connectivity index (χ1n) is 6.11. The molecule has 0 aromatic heterocycles. The van der Waals surface area contributed by atoms with Gasteiger partial charge < -0.3 is 5.32 Å². The van der Waals surface area contributed by atoms with Gasteiger partial charge in [-0.05, 0) is 37.4 Å². The summed E-state index contributed by atoms with van der Waals surface area (Å²) in [6, 6.07) is 10.8. The van der Waals surface area contributed by atoms with E-state index < -0.39 is 0 Å². The largest absolute Gasteiger partial charge is 0.317 e. The molecule has 0 heterocycles. The average Bonchev–Trinajstić information content (AvgIpc) is 2.28. The van der Waals surface area contributed by atoms with Crippen LogP contribution < -0.4 is 5.32 Å². The van der Waals surface area contributed by atoms with Crippen LogP contribution in [0.4, 0.5) is 0 Å². The molecule has 1 heteroatoms. The Morgan fingerprint density at radius 1 is 1.13 bits per heavy atom. The molecule has 1 atom stereocenters. The molecule has 0 spiro atoms. The predicted octanol–water partition coefficient (Wildman–Crippen LogP) is 3.25. The summed E-state index contributed by atoms with van der Waals surface area (Å²) in [7, 11) is 0. The standard InChI is InChI=1S/C14H23N/c1-3-8-14(12-15-4-2)11-13-9-6-5-7-10-13/h5-7,9-10,14-15H,3-4,8,11-12H2,1-2H3. The SMILES string of the molecule is CCCC(CNCC)Cc1ccccc1. The van der Waals surface area contributed by atoms with Gasteiger partial charge in [0.1, 0.15) is 0 Å². The Hall–Kier alpha value is -0.820. The average molecular weight is 205 g/mol. The predicted molar refractivity (Wildman–Crippen MR) is 67.1 cm³/mol.